The van der Waals surface area contributed by atoms with Crippen molar-refractivity contribution in [1.82, 2.24) is 4.90 Å². The summed E-state index contributed by atoms with van der Waals surface area (Å²) < 4.78 is 0. The van der Waals surface area contributed by atoms with E-state index in [0.717, 1.165) is 16.9 Å². The van der Waals surface area contributed by atoms with E-state index in [0.29, 0.717) is 40.0 Å². The first-order valence-corrected chi connectivity index (χ1v) is 10.6. The molecule has 0 fully saturated rings. The second-order valence-corrected chi connectivity index (χ2v) is 8.01. The van der Waals surface area contributed by atoms with Gasteiger partial charge >= 0.3 is 0 Å². The first-order chi connectivity index (χ1) is 13.8. The summed E-state index contributed by atoms with van der Waals surface area (Å²) >= 11 is 1.15. The minimum absolute atomic E-state index is 0.115. The van der Waals surface area contributed by atoms with Crippen LogP contribution in [0.25, 0.3) is 6.08 Å². The maximum Gasteiger partial charge on any atom is 0.264 e. The Kier molecular flexibility index (Phi) is 7.74. The van der Waals surface area contributed by atoms with Gasteiger partial charge in [-0.1, -0.05) is 38.1 Å². The Morgan fingerprint density at radius 2 is 1.83 bits per heavy atom. The van der Waals surface area contributed by atoms with Crippen molar-refractivity contribution >= 4 is 34.2 Å². The van der Waals surface area contributed by atoms with Crippen LogP contribution in [0.5, 0.6) is 0 Å². The molecule has 29 heavy (non-hydrogen) atoms. The zero-order valence-corrected chi connectivity index (χ0v) is 18.4. The molecule has 0 aliphatic rings. The van der Waals surface area contributed by atoms with Crippen molar-refractivity contribution in [2.45, 2.75) is 40.5 Å². The van der Waals surface area contributed by atoms with Gasteiger partial charge in [-0.2, -0.15) is 5.26 Å². The standard InChI is InChI=1S/C23H27N3O2S/c1-6-26(7-2)23(28)21-16(5)19(14-24)22(29-21)25-20(27)13-10-17-8-11-18(12-9-17)15(3)4/h8-13,15H,6-7H2,1-5H3,(H,25,27)/b13-10+. The van der Waals surface area contributed by atoms with Crippen molar-refractivity contribution in [3.63, 3.8) is 0 Å². The maximum atomic E-state index is 12.7. The normalized spacial score (nSPS) is 10.9. The van der Waals surface area contributed by atoms with Gasteiger partial charge in [0.25, 0.3) is 5.91 Å². The number of thiophene rings is 1. The molecule has 0 aliphatic carbocycles. The first-order valence-electron chi connectivity index (χ1n) is 9.74. The fraction of sp³-hybridized carbons (Fsp3) is 0.348. The lowest BCUT2D eigenvalue weighted by Gasteiger charge is -2.17. The summed E-state index contributed by atoms with van der Waals surface area (Å²) in [6, 6.07) is 10.1. The zero-order valence-electron chi connectivity index (χ0n) is 17.6. The van der Waals surface area contributed by atoms with Gasteiger partial charge in [-0.25, -0.2) is 0 Å². The number of nitrogens with zero attached hydrogens (tertiary/aromatic N) is 2. The fourth-order valence-electron chi connectivity index (χ4n) is 2.91. The third-order valence-electron chi connectivity index (χ3n) is 4.77. The molecular weight excluding hydrogens is 382 g/mol. The summed E-state index contributed by atoms with van der Waals surface area (Å²) in [7, 11) is 0. The van der Waals surface area contributed by atoms with Gasteiger partial charge in [0.15, 0.2) is 0 Å². The predicted octanol–water partition coefficient (Wildman–Crippen LogP) is 5.19. The van der Waals surface area contributed by atoms with E-state index in [1.807, 2.05) is 38.1 Å². The Balaban J connectivity index is 2.18. The molecule has 0 atom stereocenters. The van der Waals surface area contributed by atoms with E-state index in [4.69, 9.17) is 0 Å². The monoisotopic (exact) mass is 409 g/mol. The van der Waals surface area contributed by atoms with Gasteiger partial charge in [0.1, 0.15) is 11.1 Å². The van der Waals surface area contributed by atoms with Gasteiger partial charge in [-0.3, -0.25) is 9.59 Å². The van der Waals surface area contributed by atoms with E-state index in [1.165, 1.54) is 11.6 Å². The van der Waals surface area contributed by atoms with Crippen LogP contribution in [0.1, 0.15) is 65.5 Å². The summed E-state index contributed by atoms with van der Waals surface area (Å²) in [4.78, 5) is 27.2. The van der Waals surface area contributed by atoms with Gasteiger partial charge in [0.05, 0.1) is 10.4 Å². The Morgan fingerprint density at radius 3 is 2.34 bits per heavy atom. The van der Waals surface area contributed by atoms with Crippen molar-refractivity contribution in [2.75, 3.05) is 18.4 Å². The second kappa shape index (κ2) is 10.0. The van der Waals surface area contributed by atoms with Crippen LogP contribution in [-0.2, 0) is 4.79 Å². The highest BCUT2D eigenvalue weighted by molar-refractivity contribution is 7.18. The summed E-state index contributed by atoms with van der Waals surface area (Å²) in [5, 5.41) is 12.7. The number of nitrogens with one attached hydrogen (secondary N) is 1. The molecule has 0 spiro atoms. The number of hydrogen-bond acceptors (Lipinski definition) is 4. The summed E-state index contributed by atoms with van der Waals surface area (Å²) in [5.74, 6) is 0.00357. The third kappa shape index (κ3) is 5.33. The van der Waals surface area contributed by atoms with Crippen molar-refractivity contribution in [1.29, 1.82) is 5.26 Å². The van der Waals surface area contributed by atoms with Gasteiger partial charge in [-0.15, -0.1) is 11.3 Å². The van der Waals surface area contributed by atoms with Crippen LogP contribution < -0.4 is 5.32 Å². The van der Waals surface area contributed by atoms with Gasteiger partial charge in [0, 0.05) is 19.2 Å². The van der Waals surface area contributed by atoms with E-state index in [2.05, 4.69) is 25.2 Å². The van der Waals surface area contributed by atoms with Crippen LogP contribution in [-0.4, -0.2) is 29.8 Å². The SMILES string of the molecule is CCN(CC)C(=O)c1sc(NC(=O)/C=C/c2ccc(C(C)C)cc2)c(C#N)c1C. The number of carbonyl (C=O) groups excluding carboxylic acids is 2. The highest BCUT2D eigenvalue weighted by Crippen LogP contribution is 2.33. The molecule has 6 heteroatoms. The van der Waals surface area contributed by atoms with E-state index in [1.54, 1.807) is 17.9 Å². The average molecular weight is 410 g/mol. The Morgan fingerprint density at radius 1 is 1.21 bits per heavy atom. The summed E-state index contributed by atoms with van der Waals surface area (Å²) in [6.45, 7) is 11.0. The van der Waals surface area contributed by atoms with Gasteiger partial charge in [0.2, 0.25) is 5.91 Å². The lowest BCUT2D eigenvalue weighted by atomic mass is 10.0. The van der Waals surface area contributed by atoms with Crippen molar-refractivity contribution in [2.24, 2.45) is 0 Å². The van der Waals surface area contributed by atoms with Crippen molar-refractivity contribution in [3.8, 4) is 6.07 Å². The molecule has 2 aromatic rings. The second-order valence-electron chi connectivity index (χ2n) is 6.99. The molecule has 1 heterocycles. The fourth-order valence-corrected chi connectivity index (χ4v) is 4.04. The molecule has 0 saturated heterocycles. The number of anilines is 1. The van der Waals surface area contributed by atoms with Crippen LogP contribution in [0.3, 0.4) is 0 Å². The predicted molar refractivity (Wildman–Crippen MR) is 119 cm³/mol. The van der Waals surface area contributed by atoms with Crippen LogP contribution >= 0.6 is 11.3 Å². The topological polar surface area (TPSA) is 73.2 Å². The zero-order chi connectivity index (χ0) is 21.6. The molecule has 0 bridgehead atoms. The highest BCUT2D eigenvalue weighted by Gasteiger charge is 2.23. The molecule has 2 rings (SSSR count). The minimum Gasteiger partial charge on any atom is -0.338 e. The van der Waals surface area contributed by atoms with Crippen LogP contribution in [0.15, 0.2) is 30.3 Å². The molecular formula is C23H27N3O2S. The number of hydrogen-bond donors (Lipinski definition) is 1. The van der Waals surface area contributed by atoms with Crippen LogP contribution in [0.4, 0.5) is 5.00 Å². The third-order valence-corrected chi connectivity index (χ3v) is 5.97. The van der Waals surface area contributed by atoms with Crippen molar-refractivity contribution < 1.29 is 9.59 Å². The number of carbonyl (C=O) groups is 2. The molecule has 2 amide bonds. The summed E-state index contributed by atoms with van der Waals surface area (Å²) in [6.07, 6.45) is 3.17. The van der Waals surface area contributed by atoms with Crippen LogP contribution in [0.2, 0.25) is 0 Å². The van der Waals surface area contributed by atoms with E-state index in [9.17, 15) is 14.9 Å². The number of amides is 2. The Labute approximate surface area is 176 Å². The highest BCUT2D eigenvalue weighted by atomic mass is 32.1. The number of nitriles is 1. The molecule has 0 unspecified atom stereocenters. The van der Waals surface area contributed by atoms with Gasteiger partial charge in [-0.05, 0) is 49.5 Å². The van der Waals surface area contributed by atoms with E-state index in [-0.39, 0.29) is 11.8 Å². The Hall–Kier alpha value is -2.91. The lowest BCUT2D eigenvalue weighted by molar-refractivity contribution is -0.111. The first kappa shape index (κ1) is 22.4. The minimum atomic E-state index is -0.336. The van der Waals surface area contributed by atoms with E-state index >= 15 is 0 Å². The summed E-state index contributed by atoms with van der Waals surface area (Å²) in [5.41, 5.74) is 3.11. The quantitative estimate of drug-likeness (QED) is 0.640. The molecule has 1 aromatic heterocycles. The number of rotatable bonds is 7. The molecule has 1 aromatic carbocycles. The molecule has 1 N–H and O–H groups in total. The molecule has 0 radical (unpaired) electrons. The van der Waals surface area contributed by atoms with Crippen molar-refractivity contribution in [3.05, 3.63) is 57.5 Å². The average Bonchev–Trinajstić information content (AvgIpc) is 3.02. The smallest absolute Gasteiger partial charge is 0.264 e. The maximum absolute atomic E-state index is 12.7. The lowest BCUT2D eigenvalue weighted by Crippen LogP contribution is -2.30. The molecule has 5 nitrogen and oxygen atoms in total. The largest absolute Gasteiger partial charge is 0.338 e. The Bertz CT molecular complexity index is 946. The van der Waals surface area contributed by atoms with Crippen LogP contribution in [0, 0.1) is 18.3 Å². The molecule has 0 aliphatic heterocycles. The number of benzene rings is 1. The van der Waals surface area contributed by atoms with E-state index < -0.39 is 0 Å². The molecule has 0 saturated carbocycles. The molecule has 152 valence electrons. The van der Waals surface area contributed by atoms with Gasteiger partial charge < -0.3 is 10.2 Å².